The maximum absolute atomic E-state index is 12.7. The summed E-state index contributed by atoms with van der Waals surface area (Å²) in [6, 6.07) is 0. The van der Waals surface area contributed by atoms with E-state index in [4.69, 9.17) is 0 Å². The van der Waals surface area contributed by atoms with Crippen molar-refractivity contribution in [2.24, 2.45) is 0 Å². The highest BCUT2D eigenvalue weighted by molar-refractivity contribution is 7.09. The summed E-state index contributed by atoms with van der Waals surface area (Å²) in [5.41, 5.74) is 2.01. The third-order valence-electron chi connectivity index (χ3n) is 4.15. The minimum Gasteiger partial charge on any atom is -0.476 e. The molecule has 0 saturated carbocycles. The van der Waals surface area contributed by atoms with Crippen molar-refractivity contribution in [2.75, 3.05) is 20.6 Å². The highest BCUT2D eigenvalue weighted by Crippen LogP contribution is 2.24. The van der Waals surface area contributed by atoms with Gasteiger partial charge in [0.15, 0.2) is 5.69 Å². The van der Waals surface area contributed by atoms with Crippen molar-refractivity contribution >= 4 is 23.2 Å². The number of carbonyl (C=O) groups excluding carboxylic acids is 1. The number of carbonyl (C=O) groups is 2. The van der Waals surface area contributed by atoms with E-state index in [1.807, 2.05) is 25.9 Å². The molecule has 1 N–H and O–H groups in total. The molecule has 0 spiro atoms. The Hall–Kier alpha value is -2.26. The summed E-state index contributed by atoms with van der Waals surface area (Å²) < 4.78 is 1.72. The summed E-state index contributed by atoms with van der Waals surface area (Å²) in [7, 11) is 3.90. The molecule has 2 aromatic heterocycles. The maximum atomic E-state index is 12.7. The lowest BCUT2D eigenvalue weighted by Crippen LogP contribution is -2.37. The van der Waals surface area contributed by atoms with Gasteiger partial charge >= 0.3 is 5.97 Å². The van der Waals surface area contributed by atoms with Crippen molar-refractivity contribution in [1.29, 1.82) is 0 Å². The van der Waals surface area contributed by atoms with Gasteiger partial charge in [0, 0.05) is 42.7 Å². The smallest absolute Gasteiger partial charge is 0.356 e. The molecule has 9 heteroatoms. The van der Waals surface area contributed by atoms with Crippen molar-refractivity contribution in [1.82, 2.24) is 24.6 Å². The fourth-order valence-electron chi connectivity index (χ4n) is 3.01. The van der Waals surface area contributed by atoms with Crippen LogP contribution in [0.3, 0.4) is 0 Å². The lowest BCUT2D eigenvalue weighted by Gasteiger charge is -2.27. The lowest BCUT2D eigenvalue weighted by molar-refractivity contribution is 0.0673. The van der Waals surface area contributed by atoms with E-state index in [1.54, 1.807) is 15.0 Å². The van der Waals surface area contributed by atoms with Crippen LogP contribution in [0.15, 0.2) is 5.38 Å². The van der Waals surface area contributed by atoms with Crippen LogP contribution in [0.25, 0.3) is 0 Å². The zero-order chi connectivity index (χ0) is 18.1. The number of nitrogens with zero attached hydrogens (tertiary/aromatic N) is 5. The molecule has 3 heterocycles. The molecule has 134 valence electrons. The van der Waals surface area contributed by atoms with Crippen LogP contribution in [0.4, 0.5) is 0 Å². The van der Waals surface area contributed by atoms with Gasteiger partial charge in [-0.25, -0.2) is 9.78 Å². The van der Waals surface area contributed by atoms with Gasteiger partial charge in [0.1, 0.15) is 10.7 Å². The van der Waals surface area contributed by atoms with Gasteiger partial charge in [-0.2, -0.15) is 5.10 Å². The normalized spacial score (nSPS) is 14.0. The maximum Gasteiger partial charge on any atom is 0.356 e. The minimum atomic E-state index is -1.06. The molecule has 0 unspecified atom stereocenters. The van der Waals surface area contributed by atoms with Crippen LogP contribution in [0.2, 0.25) is 0 Å². The van der Waals surface area contributed by atoms with Gasteiger partial charge in [0.05, 0.1) is 6.54 Å². The zero-order valence-electron chi connectivity index (χ0n) is 14.5. The van der Waals surface area contributed by atoms with E-state index in [0.29, 0.717) is 37.3 Å². The van der Waals surface area contributed by atoms with Gasteiger partial charge in [0.2, 0.25) is 0 Å². The third-order valence-corrected chi connectivity index (χ3v) is 4.98. The Labute approximate surface area is 149 Å². The van der Waals surface area contributed by atoms with Gasteiger partial charge in [-0.1, -0.05) is 0 Å². The molecule has 1 aliphatic rings. The number of aromatic nitrogens is 3. The molecule has 1 aliphatic heterocycles. The highest BCUT2D eigenvalue weighted by atomic mass is 32.1. The first-order valence-corrected chi connectivity index (χ1v) is 8.99. The molecule has 0 atom stereocenters. The van der Waals surface area contributed by atoms with Gasteiger partial charge in [-0.05, 0) is 21.0 Å². The third kappa shape index (κ3) is 3.42. The summed E-state index contributed by atoms with van der Waals surface area (Å²) in [5.74, 6) is -1.22. The van der Waals surface area contributed by atoms with Gasteiger partial charge in [0.25, 0.3) is 5.91 Å². The molecule has 0 aromatic carbocycles. The average Bonchev–Trinajstić information content (AvgIpc) is 3.17. The summed E-state index contributed by atoms with van der Waals surface area (Å²) in [6.45, 7) is 4.03. The largest absolute Gasteiger partial charge is 0.476 e. The Morgan fingerprint density at radius 2 is 2.16 bits per heavy atom. The van der Waals surface area contributed by atoms with Crippen LogP contribution < -0.4 is 0 Å². The van der Waals surface area contributed by atoms with Crippen LogP contribution >= 0.6 is 11.3 Å². The number of rotatable bonds is 5. The van der Waals surface area contributed by atoms with Crippen LogP contribution in [0.5, 0.6) is 0 Å². The second kappa shape index (κ2) is 6.93. The average molecular weight is 363 g/mol. The topological polar surface area (TPSA) is 91.6 Å². The Bertz CT molecular complexity index is 811. The molecule has 1 amide bonds. The quantitative estimate of drug-likeness (QED) is 0.861. The highest BCUT2D eigenvalue weighted by Gasteiger charge is 2.30. The Morgan fingerprint density at radius 3 is 2.80 bits per heavy atom. The van der Waals surface area contributed by atoms with E-state index in [1.165, 1.54) is 11.3 Å². The molecule has 0 bridgehead atoms. The summed E-state index contributed by atoms with van der Waals surface area (Å²) in [5, 5.41) is 16.2. The number of aryl methyl sites for hydroxylation is 1. The number of amides is 1. The van der Waals surface area contributed by atoms with E-state index < -0.39 is 5.97 Å². The Balaban J connectivity index is 1.82. The first-order chi connectivity index (χ1) is 11.9. The van der Waals surface area contributed by atoms with E-state index >= 15 is 0 Å². The Morgan fingerprint density at radius 1 is 1.40 bits per heavy atom. The molecule has 0 aliphatic carbocycles. The predicted molar refractivity (Wildman–Crippen MR) is 92.8 cm³/mol. The van der Waals surface area contributed by atoms with Crippen molar-refractivity contribution in [3.63, 3.8) is 0 Å². The number of carboxylic acid groups (broad SMARTS) is 1. The zero-order valence-corrected chi connectivity index (χ0v) is 15.3. The Kier molecular flexibility index (Phi) is 4.87. The predicted octanol–water partition coefficient (Wildman–Crippen LogP) is 1.32. The van der Waals surface area contributed by atoms with E-state index in [-0.39, 0.29) is 18.1 Å². The molecule has 0 radical (unpaired) electrons. The number of hydrogen-bond acceptors (Lipinski definition) is 6. The number of fused-ring (bicyclic) bond motifs is 1. The molecular weight excluding hydrogens is 342 g/mol. The minimum absolute atomic E-state index is 0.0425. The SMILES string of the molecule is CCn1nc(C(=O)O)c2c1CCN(C(=O)c1csc(CN(C)C)n1)C2. The van der Waals surface area contributed by atoms with E-state index in [2.05, 4.69) is 10.1 Å². The first kappa shape index (κ1) is 17.6. The summed E-state index contributed by atoms with van der Waals surface area (Å²) in [6.07, 6.45) is 0.601. The lowest BCUT2D eigenvalue weighted by atomic mass is 10.0. The molecule has 25 heavy (non-hydrogen) atoms. The monoisotopic (exact) mass is 363 g/mol. The van der Waals surface area contributed by atoms with Crippen molar-refractivity contribution < 1.29 is 14.7 Å². The molecule has 3 rings (SSSR count). The van der Waals surface area contributed by atoms with E-state index in [9.17, 15) is 14.7 Å². The molecule has 0 saturated heterocycles. The van der Waals surface area contributed by atoms with Crippen LogP contribution in [0, 0.1) is 0 Å². The fourth-order valence-corrected chi connectivity index (χ4v) is 3.90. The fraction of sp³-hybridized carbons (Fsp3) is 0.500. The van der Waals surface area contributed by atoms with Crippen LogP contribution in [0.1, 0.15) is 44.2 Å². The second-order valence-corrected chi connectivity index (χ2v) is 7.18. The number of thiazole rings is 1. The van der Waals surface area contributed by atoms with E-state index in [0.717, 1.165) is 10.7 Å². The van der Waals surface area contributed by atoms with Gasteiger partial charge in [-0.15, -0.1) is 11.3 Å². The number of hydrogen-bond donors (Lipinski definition) is 1. The summed E-state index contributed by atoms with van der Waals surface area (Å²) in [4.78, 5) is 32.3. The second-order valence-electron chi connectivity index (χ2n) is 6.24. The molecule has 2 aromatic rings. The van der Waals surface area contributed by atoms with Crippen molar-refractivity contribution in [3.8, 4) is 0 Å². The summed E-state index contributed by atoms with van der Waals surface area (Å²) >= 11 is 1.46. The molecule has 8 nitrogen and oxygen atoms in total. The van der Waals surface area contributed by atoms with Gasteiger partial charge < -0.3 is 14.9 Å². The van der Waals surface area contributed by atoms with Gasteiger partial charge in [-0.3, -0.25) is 9.48 Å². The molecule has 0 fully saturated rings. The number of carboxylic acids is 1. The molecular formula is C16H21N5O3S. The number of aromatic carboxylic acids is 1. The van der Waals surface area contributed by atoms with Crippen molar-refractivity contribution in [3.05, 3.63) is 33.0 Å². The van der Waals surface area contributed by atoms with Crippen molar-refractivity contribution in [2.45, 2.75) is 33.0 Å². The van der Waals surface area contributed by atoms with Crippen LogP contribution in [-0.4, -0.2) is 62.2 Å². The van der Waals surface area contributed by atoms with Crippen LogP contribution in [-0.2, 0) is 26.1 Å². The first-order valence-electron chi connectivity index (χ1n) is 8.11. The standard InChI is InChI=1S/C16H21N5O3S/c1-4-21-12-5-6-20(7-10(12)14(18-21)16(23)24)15(22)11-9-25-13(17-11)8-19(2)3/h9H,4-8H2,1-3H3,(H,23,24).